The van der Waals surface area contributed by atoms with E-state index in [-0.39, 0.29) is 5.91 Å². The van der Waals surface area contributed by atoms with Crippen molar-refractivity contribution in [1.29, 1.82) is 0 Å². The highest BCUT2D eigenvalue weighted by atomic mass is 16.5. The van der Waals surface area contributed by atoms with E-state index in [0.717, 1.165) is 0 Å². The van der Waals surface area contributed by atoms with Crippen molar-refractivity contribution >= 4 is 17.3 Å². The number of ether oxygens (including phenoxy) is 1. The van der Waals surface area contributed by atoms with E-state index in [0.29, 0.717) is 22.7 Å². The fourth-order valence-electron chi connectivity index (χ4n) is 1.53. The molecule has 1 aromatic carbocycles. The maximum absolute atomic E-state index is 12.0. The van der Waals surface area contributed by atoms with Crippen LogP contribution < -0.4 is 15.8 Å². The number of amides is 1. The number of pyridine rings is 1. The SMILES string of the molecule is COc1cc(N)ccc1C(=O)Nc1cccnc1. The Kier molecular flexibility index (Phi) is 3.43. The standard InChI is InChI=1S/C13H13N3O2/c1-18-12-7-9(14)4-5-11(12)13(17)16-10-3-2-6-15-8-10/h2-8H,14H2,1H3,(H,16,17). The number of hydrogen-bond acceptors (Lipinski definition) is 4. The molecule has 1 amide bonds. The molecular formula is C13H13N3O2. The van der Waals surface area contributed by atoms with Crippen molar-refractivity contribution in [1.82, 2.24) is 4.98 Å². The molecule has 1 heterocycles. The van der Waals surface area contributed by atoms with Crippen LogP contribution in [0, 0.1) is 0 Å². The number of nitrogens with two attached hydrogens (primary N) is 1. The van der Waals surface area contributed by atoms with Gasteiger partial charge in [-0.05, 0) is 24.3 Å². The van der Waals surface area contributed by atoms with Crippen LogP contribution in [0.5, 0.6) is 5.75 Å². The lowest BCUT2D eigenvalue weighted by atomic mass is 10.1. The Balaban J connectivity index is 2.24. The van der Waals surface area contributed by atoms with Crippen LogP contribution in [0.15, 0.2) is 42.7 Å². The number of nitrogen functional groups attached to an aromatic ring is 1. The third kappa shape index (κ3) is 2.57. The summed E-state index contributed by atoms with van der Waals surface area (Å²) in [7, 11) is 1.50. The molecule has 0 atom stereocenters. The van der Waals surface area contributed by atoms with Crippen molar-refractivity contribution in [2.75, 3.05) is 18.2 Å². The highest BCUT2D eigenvalue weighted by Crippen LogP contribution is 2.22. The summed E-state index contributed by atoms with van der Waals surface area (Å²) in [6.45, 7) is 0. The molecule has 0 unspecified atom stereocenters. The van der Waals surface area contributed by atoms with Crippen molar-refractivity contribution in [3.63, 3.8) is 0 Å². The fourth-order valence-corrected chi connectivity index (χ4v) is 1.53. The molecule has 0 saturated heterocycles. The molecular weight excluding hydrogens is 230 g/mol. The summed E-state index contributed by atoms with van der Waals surface area (Å²) in [5.41, 5.74) is 7.23. The Labute approximate surface area is 105 Å². The van der Waals surface area contributed by atoms with Gasteiger partial charge in [0.1, 0.15) is 5.75 Å². The summed E-state index contributed by atoms with van der Waals surface area (Å²) in [5, 5.41) is 2.73. The van der Waals surface area contributed by atoms with Crippen molar-refractivity contribution in [2.24, 2.45) is 0 Å². The molecule has 2 aromatic rings. The van der Waals surface area contributed by atoms with Gasteiger partial charge in [-0.2, -0.15) is 0 Å². The Morgan fingerprint density at radius 2 is 2.22 bits per heavy atom. The number of anilines is 2. The molecule has 0 bridgehead atoms. The number of aromatic nitrogens is 1. The minimum absolute atomic E-state index is 0.264. The smallest absolute Gasteiger partial charge is 0.259 e. The molecule has 1 aromatic heterocycles. The zero-order valence-corrected chi connectivity index (χ0v) is 9.88. The van der Waals surface area contributed by atoms with E-state index in [2.05, 4.69) is 10.3 Å². The van der Waals surface area contributed by atoms with Crippen LogP contribution in [-0.2, 0) is 0 Å². The van der Waals surface area contributed by atoms with E-state index >= 15 is 0 Å². The van der Waals surface area contributed by atoms with Gasteiger partial charge in [0.05, 0.1) is 24.6 Å². The molecule has 0 saturated carbocycles. The van der Waals surface area contributed by atoms with Gasteiger partial charge in [0.15, 0.2) is 0 Å². The Bertz CT molecular complexity index is 555. The Hall–Kier alpha value is -2.56. The van der Waals surface area contributed by atoms with Gasteiger partial charge >= 0.3 is 0 Å². The molecule has 5 nitrogen and oxygen atoms in total. The van der Waals surface area contributed by atoms with E-state index in [4.69, 9.17) is 10.5 Å². The molecule has 0 radical (unpaired) electrons. The normalized spacial score (nSPS) is 9.83. The Morgan fingerprint density at radius 3 is 2.89 bits per heavy atom. The summed E-state index contributed by atoms with van der Waals surface area (Å²) in [4.78, 5) is 16.0. The van der Waals surface area contributed by atoms with Gasteiger partial charge in [0, 0.05) is 18.0 Å². The molecule has 0 spiro atoms. The first-order chi connectivity index (χ1) is 8.70. The molecule has 3 N–H and O–H groups in total. The summed E-state index contributed by atoms with van der Waals surface area (Å²) in [6.07, 6.45) is 3.21. The van der Waals surface area contributed by atoms with Gasteiger partial charge in [-0.25, -0.2) is 0 Å². The molecule has 0 aliphatic carbocycles. The number of methoxy groups -OCH3 is 1. The third-order valence-electron chi connectivity index (χ3n) is 2.39. The van der Waals surface area contributed by atoms with E-state index in [1.54, 1.807) is 42.7 Å². The lowest BCUT2D eigenvalue weighted by Gasteiger charge is -2.09. The average Bonchev–Trinajstić information content (AvgIpc) is 2.39. The van der Waals surface area contributed by atoms with Crippen LogP contribution in [0.3, 0.4) is 0 Å². The van der Waals surface area contributed by atoms with Gasteiger partial charge < -0.3 is 15.8 Å². The molecule has 92 valence electrons. The zero-order chi connectivity index (χ0) is 13.0. The van der Waals surface area contributed by atoms with Gasteiger partial charge in [-0.3, -0.25) is 9.78 Å². The summed E-state index contributed by atoms with van der Waals surface area (Å²) in [6, 6.07) is 8.39. The second-order valence-electron chi connectivity index (χ2n) is 3.66. The highest BCUT2D eigenvalue weighted by Gasteiger charge is 2.12. The molecule has 5 heteroatoms. The number of nitrogens with zero attached hydrogens (tertiary/aromatic N) is 1. The highest BCUT2D eigenvalue weighted by molar-refractivity contribution is 6.06. The van der Waals surface area contributed by atoms with E-state index in [9.17, 15) is 4.79 Å². The molecule has 0 aliphatic heterocycles. The quantitative estimate of drug-likeness (QED) is 0.807. The predicted molar refractivity (Wildman–Crippen MR) is 69.6 cm³/mol. The van der Waals surface area contributed by atoms with Crippen molar-refractivity contribution in [2.45, 2.75) is 0 Å². The van der Waals surface area contributed by atoms with E-state index in [1.807, 2.05) is 0 Å². The summed E-state index contributed by atoms with van der Waals surface area (Å²) in [5.74, 6) is 0.177. The average molecular weight is 243 g/mol. The molecule has 18 heavy (non-hydrogen) atoms. The number of carbonyl (C=O) groups is 1. The lowest BCUT2D eigenvalue weighted by molar-refractivity contribution is 0.102. The number of nitrogens with one attached hydrogen (secondary N) is 1. The Morgan fingerprint density at radius 1 is 1.39 bits per heavy atom. The van der Waals surface area contributed by atoms with Crippen LogP contribution in [0.1, 0.15) is 10.4 Å². The van der Waals surface area contributed by atoms with Gasteiger partial charge in [-0.15, -0.1) is 0 Å². The third-order valence-corrected chi connectivity index (χ3v) is 2.39. The molecule has 0 aliphatic rings. The monoisotopic (exact) mass is 243 g/mol. The number of benzene rings is 1. The van der Waals surface area contributed by atoms with Crippen LogP contribution in [-0.4, -0.2) is 18.0 Å². The predicted octanol–water partition coefficient (Wildman–Crippen LogP) is 1.92. The topological polar surface area (TPSA) is 77.2 Å². The number of carbonyl (C=O) groups excluding carboxylic acids is 1. The second-order valence-corrected chi connectivity index (χ2v) is 3.66. The van der Waals surface area contributed by atoms with Crippen LogP contribution in [0.2, 0.25) is 0 Å². The first kappa shape index (κ1) is 11.9. The van der Waals surface area contributed by atoms with Crippen LogP contribution in [0.25, 0.3) is 0 Å². The van der Waals surface area contributed by atoms with Gasteiger partial charge in [0.2, 0.25) is 0 Å². The zero-order valence-electron chi connectivity index (χ0n) is 9.88. The van der Waals surface area contributed by atoms with Crippen molar-refractivity contribution < 1.29 is 9.53 Å². The van der Waals surface area contributed by atoms with Gasteiger partial charge in [-0.1, -0.05) is 0 Å². The first-order valence-corrected chi connectivity index (χ1v) is 5.35. The van der Waals surface area contributed by atoms with Gasteiger partial charge in [0.25, 0.3) is 5.91 Å². The van der Waals surface area contributed by atoms with Crippen molar-refractivity contribution in [3.05, 3.63) is 48.3 Å². The number of hydrogen-bond donors (Lipinski definition) is 2. The fraction of sp³-hybridized carbons (Fsp3) is 0.0769. The molecule has 0 fully saturated rings. The molecule has 2 rings (SSSR count). The number of rotatable bonds is 3. The van der Waals surface area contributed by atoms with E-state index < -0.39 is 0 Å². The maximum atomic E-state index is 12.0. The minimum atomic E-state index is -0.264. The largest absolute Gasteiger partial charge is 0.496 e. The first-order valence-electron chi connectivity index (χ1n) is 5.35. The maximum Gasteiger partial charge on any atom is 0.259 e. The lowest BCUT2D eigenvalue weighted by Crippen LogP contribution is -2.13. The van der Waals surface area contributed by atoms with Crippen LogP contribution >= 0.6 is 0 Å². The summed E-state index contributed by atoms with van der Waals surface area (Å²) >= 11 is 0. The second kappa shape index (κ2) is 5.18. The van der Waals surface area contributed by atoms with E-state index in [1.165, 1.54) is 7.11 Å². The minimum Gasteiger partial charge on any atom is -0.496 e. The van der Waals surface area contributed by atoms with Crippen LogP contribution in [0.4, 0.5) is 11.4 Å². The summed E-state index contributed by atoms with van der Waals surface area (Å²) < 4.78 is 5.13. The van der Waals surface area contributed by atoms with Crippen molar-refractivity contribution in [3.8, 4) is 5.75 Å².